The second-order valence-corrected chi connectivity index (χ2v) is 4.32. The van der Waals surface area contributed by atoms with E-state index in [0.29, 0.717) is 0 Å². The fourth-order valence-corrected chi connectivity index (χ4v) is 1.53. The number of benzene rings is 1. The van der Waals surface area contributed by atoms with E-state index in [1.54, 1.807) is 0 Å². The summed E-state index contributed by atoms with van der Waals surface area (Å²) in [6.07, 6.45) is 0. The van der Waals surface area contributed by atoms with Gasteiger partial charge in [0.2, 0.25) is 0 Å². The maximum absolute atomic E-state index is 5.67. The lowest BCUT2D eigenvalue weighted by molar-refractivity contribution is 0.586. The first-order valence-electron chi connectivity index (χ1n) is 4.28. The lowest BCUT2D eigenvalue weighted by Crippen LogP contribution is -2.12. The molecule has 1 aromatic carbocycles. The van der Waals surface area contributed by atoms with E-state index in [1.165, 1.54) is 11.1 Å². The van der Waals surface area contributed by atoms with E-state index in [1.807, 2.05) is 12.1 Å². The van der Waals surface area contributed by atoms with Crippen LogP contribution < -0.4 is 5.73 Å². The molecule has 0 aromatic heterocycles. The number of rotatable bonds is 0. The topological polar surface area (TPSA) is 26.0 Å². The normalized spacial score (nSPS) is 11.7. The van der Waals surface area contributed by atoms with Gasteiger partial charge in [0.1, 0.15) is 0 Å². The molecule has 0 atom stereocenters. The van der Waals surface area contributed by atoms with Gasteiger partial charge in [-0.25, -0.2) is 0 Å². The maximum atomic E-state index is 5.67. The van der Waals surface area contributed by atoms with Crippen molar-refractivity contribution >= 4 is 5.69 Å². The van der Waals surface area contributed by atoms with Crippen molar-refractivity contribution in [3.63, 3.8) is 0 Å². The molecular weight excluding hydrogens is 146 g/mol. The summed E-state index contributed by atoms with van der Waals surface area (Å²) in [5.74, 6) is 0. The molecule has 1 nitrogen and oxygen atoms in total. The minimum absolute atomic E-state index is 0.220. The molecule has 66 valence electrons. The van der Waals surface area contributed by atoms with Gasteiger partial charge in [0, 0.05) is 5.69 Å². The van der Waals surface area contributed by atoms with Crippen molar-refractivity contribution in [2.75, 3.05) is 5.73 Å². The van der Waals surface area contributed by atoms with Crippen LogP contribution in [-0.2, 0) is 5.41 Å². The molecule has 2 N–H and O–H groups in total. The fraction of sp³-hybridized carbons (Fsp3) is 0.455. The third kappa shape index (κ3) is 1.79. The van der Waals surface area contributed by atoms with Gasteiger partial charge in [-0.1, -0.05) is 26.8 Å². The predicted octanol–water partition coefficient (Wildman–Crippen LogP) is 2.87. The van der Waals surface area contributed by atoms with Gasteiger partial charge in [0.05, 0.1) is 0 Å². The zero-order valence-corrected chi connectivity index (χ0v) is 8.31. The number of nitrogen functional groups attached to an aromatic ring is 1. The Hall–Kier alpha value is -0.980. The molecule has 0 heterocycles. The first-order chi connectivity index (χ1) is 5.41. The molecule has 1 aromatic rings. The van der Waals surface area contributed by atoms with Crippen molar-refractivity contribution < 1.29 is 0 Å². The van der Waals surface area contributed by atoms with E-state index in [2.05, 4.69) is 33.8 Å². The Morgan fingerprint density at radius 3 is 2.17 bits per heavy atom. The number of hydrogen-bond donors (Lipinski definition) is 1. The van der Waals surface area contributed by atoms with Crippen LogP contribution in [-0.4, -0.2) is 0 Å². The third-order valence-electron chi connectivity index (χ3n) is 2.06. The number of hydrogen-bond acceptors (Lipinski definition) is 1. The van der Waals surface area contributed by atoms with Crippen molar-refractivity contribution in [1.82, 2.24) is 0 Å². The summed E-state index contributed by atoms with van der Waals surface area (Å²) < 4.78 is 0. The molecule has 0 amide bonds. The molecule has 0 aliphatic rings. The van der Waals surface area contributed by atoms with E-state index in [-0.39, 0.29) is 5.41 Å². The number of nitrogens with two attached hydrogens (primary N) is 1. The largest absolute Gasteiger partial charge is 0.399 e. The Kier molecular flexibility index (Phi) is 2.14. The summed E-state index contributed by atoms with van der Waals surface area (Å²) in [5, 5.41) is 0. The fourth-order valence-electron chi connectivity index (χ4n) is 1.53. The van der Waals surface area contributed by atoms with Crippen molar-refractivity contribution in [3.05, 3.63) is 29.3 Å². The minimum Gasteiger partial charge on any atom is -0.399 e. The lowest BCUT2D eigenvalue weighted by Gasteiger charge is -2.21. The summed E-state index contributed by atoms with van der Waals surface area (Å²) >= 11 is 0. The molecule has 0 aliphatic heterocycles. The molecule has 0 saturated heterocycles. The first kappa shape index (κ1) is 9.11. The van der Waals surface area contributed by atoms with Gasteiger partial charge >= 0.3 is 0 Å². The summed E-state index contributed by atoms with van der Waals surface area (Å²) in [7, 11) is 0. The average Bonchev–Trinajstić information content (AvgIpc) is 1.83. The van der Waals surface area contributed by atoms with Crippen LogP contribution in [0.15, 0.2) is 18.2 Å². The molecule has 0 bridgehead atoms. The van der Waals surface area contributed by atoms with E-state index < -0.39 is 0 Å². The smallest absolute Gasteiger partial charge is 0.0316 e. The zero-order chi connectivity index (χ0) is 9.35. The second-order valence-electron chi connectivity index (χ2n) is 4.32. The van der Waals surface area contributed by atoms with Crippen molar-refractivity contribution in [2.45, 2.75) is 33.1 Å². The molecule has 1 heteroatoms. The molecule has 1 rings (SSSR count). The van der Waals surface area contributed by atoms with Crippen LogP contribution in [0.4, 0.5) is 5.69 Å². The van der Waals surface area contributed by atoms with Crippen LogP contribution in [0.5, 0.6) is 0 Å². The zero-order valence-electron chi connectivity index (χ0n) is 8.31. The lowest BCUT2D eigenvalue weighted by atomic mass is 9.84. The van der Waals surface area contributed by atoms with Crippen LogP contribution in [0.1, 0.15) is 31.9 Å². The van der Waals surface area contributed by atoms with Gasteiger partial charge in [0.15, 0.2) is 0 Å². The Balaban J connectivity index is 3.19. The SMILES string of the molecule is Cc1cc(N)ccc1C(C)(C)C. The van der Waals surface area contributed by atoms with Crippen LogP contribution in [0.3, 0.4) is 0 Å². The van der Waals surface area contributed by atoms with Crippen LogP contribution >= 0.6 is 0 Å². The van der Waals surface area contributed by atoms with Gasteiger partial charge < -0.3 is 5.73 Å². The quantitative estimate of drug-likeness (QED) is 0.585. The number of anilines is 1. The predicted molar refractivity (Wildman–Crippen MR) is 54.3 cm³/mol. The third-order valence-corrected chi connectivity index (χ3v) is 2.06. The Bertz CT molecular complexity index is 282. The Morgan fingerprint density at radius 2 is 1.75 bits per heavy atom. The van der Waals surface area contributed by atoms with Crippen molar-refractivity contribution in [3.8, 4) is 0 Å². The van der Waals surface area contributed by atoms with Gasteiger partial charge in [-0.15, -0.1) is 0 Å². The van der Waals surface area contributed by atoms with Gasteiger partial charge in [-0.05, 0) is 35.6 Å². The monoisotopic (exact) mass is 163 g/mol. The number of aryl methyl sites for hydroxylation is 1. The van der Waals surface area contributed by atoms with Crippen molar-refractivity contribution in [2.24, 2.45) is 0 Å². The highest BCUT2D eigenvalue weighted by Gasteiger charge is 2.15. The first-order valence-corrected chi connectivity index (χ1v) is 4.28. The molecule has 0 radical (unpaired) electrons. The van der Waals surface area contributed by atoms with Gasteiger partial charge in [-0.2, -0.15) is 0 Å². The maximum Gasteiger partial charge on any atom is 0.0316 e. The Labute approximate surface area is 74.6 Å². The average molecular weight is 163 g/mol. The standard InChI is InChI=1S/C11H17N/c1-8-7-9(12)5-6-10(8)11(2,3)4/h5-7H,12H2,1-4H3. The summed E-state index contributed by atoms with van der Waals surface area (Å²) in [6, 6.07) is 6.11. The van der Waals surface area contributed by atoms with Crippen molar-refractivity contribution in [1.29, 1.82) is 0 Å². The second kappa shape index (κ2) is 2.81. The van der Waals surface area contributed by atoms with E-state index in [9.17, 15) is 0 Å². The van der Waals surface area contributed by atoms with E-state index in [0.717, 1.165) is 5.69 Å². The summed E-state index contributed by atoms with van der Waals surface area (Å²) in [5.41, 5.74) is 9.39. The highest BCUT2D eigenvalue weighted by Crippen LogP contribution is 2.26. The van der Waals surface area contributed by atoms with Gasteiger partial charge in [-0.3, -0.25) is 0 Å². The van der Waals surface area contributed by atoms with E-state index in [4.69, 9.17) is 5.73 Å². The summed E-state index contributed by atoms with van der Waals surface area (Å²) in [6.45, 7) is 8.75. The molecule has 0 saturated carbocycles. The van der Waals surface area contributed by atoms with Crippen LogP contribution in [0.2, 0.25) is 0 Å². The highest BCUT2D eigenvalue weighted by molar-refractivity contribution is 5.46. The molecule has 0 fully saturated rings. The van der Waals surface area contributed by atoms with E-state index >= 15 is 0 Å². The molecule has 0 spiro atoms. The highest BCUT2D eigenvalue weighted by atomic mass is 14.5. The van der Waals surface area contributed by atoms with Crippen LogP contribution in [0.25, 0.3) is 0 Å². The summed E-state index contributed by atoms with van der Waals surface area (Å²) in [4.78, 5) is 0. The van der Waals surface area contributed by atoms with Crippen LogP contribution in [0, 0.1) is 6.92 Å². The Morgan fingerprint density at radius 1 is 1.17 bits per heavy atom. The minimum atomic E-state index is 0.220. The molecule has 12 heavy (non-hydrogen) atoms. The molecular formula is C11H17N. The molecule has 0 aliphatic carbocycles. The molecule has 0 unspecified atom stereocenters. The van der Waals surface area contributed by atoms with Gasteiger partial charge in [0.25, 0.3) is 0 Å².